The molecule has 2 rings (SSSR count). The fourth-order valence-corrected chi connectivity index (χ4v) is 2.64. The molecule has 1 heterocycles. The second-order valence-corrected chi connectivity index (χ2v) is 6.36. The van der Waals surface area contributed by atoms with Crippen LogP contribution in [0, 0.1) is 0 Å². The molecule has 2 amide bonds. The molecule has 114 valence electrons. The molecule has 0 aliphatic carbocycles. The van der Waals surface area contributed by atoms with Gasteiger partial charge in [0.25, 0.3) is 11.8 Å². The molecule has 1 saturated heterocycles. The molecule has 0 spiro atoms. The minimum Gasteiger partial charge on any atom is -0.351 e. The third-order valence-corrected chi connectivity index (χ3v) is 4.16. The molecule has 4 nitrogen and oxygen atoms in total. The average molecular weight is 350 g/mol. The number of likely N-dealkylation sites (tertiary alicyclic amines) is 1. The summed E-state index contributed by atoms with van der Waals surface area (Å²) in [7, 11) is 0. The maximum atomic E-state index is 12.4. The number of hydrogen-bond acceptors (Lipinski definition) is 2. The zero-order chi connectivity index (χ0) is 15.4. The molecule has 1 N–H and O–H groups in total. The quantitative estimate of drug-likeness (QED) is 0.853. The summed E-state index contributed by atoms with van der Waals surface area (Å²) in [5.74, 6) is -0.479. The maximum Gasteiger partial charge on any atom is 0.255 e. The number of nitrogens with zero attached hydrogens (tertiary/aromatic N) is 1. The summed E-state index contributed by atoms with van der Waals surface area (Å²) in [6.45, 7) is 1.12. The van der Waals surface area contributed by atoms with Crippen molar-refractivity contribution in [1.29, 1.82) is 0 Å². The molecule has 0 saturated carbocycles. The van der Waals surface area contributed by atoms with Gasteiger partial charge in [0.2, 0.25) is 0 Å². The predicted octanol–water partition coefficient (Wildman–Crippen LogP) is 2.86. The molecule has 1 aliphatic rings. The number of benzene rings is 1. The molecule has 1 aromatic carbocycles. The van der Waals surface area contributed by atoms with E-state index in [-0.39, 0.29) is 11.9 Å². The second-order valence-electron chi connectivity index (χ2n) is 4.86. The fourth-order valence-electron chi connectivity index (χ4n) is 2.30. The first kappa shape index (κ1) is 16.4. The first-order valence-electron chi connectivity index (χ1n) is 6.61. The normalized spacial score (nSPS) is 16.1. The van der Waals surface area contributed by atoms with Crippen molar-refractivity contribution in [2.45, 2.75) is 23.7 Å². The Bertz CT molecular complexity index is 529. The lowest BCUT2D eigenvalue weighted by atomic mass is 10.0. The van der Waals surface area contributed by atoms with Crippen molar-refractivity contribution in [3.63, 3.8) is 0 Å². The number of alkyl halides is 2. The lowest BCUT2D eigenvalue weighted by Crippen LogP contribution is -2.47. The highest BCUT2D eigenvalue weighted by molar-refractivity contribution is 6.53. The molecule has 7 heteroatoms. The van der Waals surface area contributed by atoms with Crippen LogP contribution < -0.4 is 5.32 Å². The van der Waals surface area contributed by atoms with Crippen LogP contribution in [0.3, 0.4) is 0 Å². The molecule has 1 fully saturated rings. The molecule has 0 atom stereocenters. The summed E-state index contributed by atoms with van der Waals surface area (Å²) in [5.41, 5.74) is 0.503. The van der Waals surface area contributed by atoms with E-state index in [4.69, 9.17) is 34.8 Å². The minimum atomic E-state index is -1.06. The molecule has 1 aliphatic heterocycles. The van der Waals surface area contributed by atoms with Crippen LogP contribution in [0.2, 0.25) is 5.02 Å². The van der Waals surface area contributed by atoms with Crippen LogP contribution in [0.1, 0.15) is 23.2 Å². The molecule has 0 radical (unpaired) electrons. The van der Waals surface area contributed by atoms with Crippen molar-refractivity contribution >= 4 is 46.6 Å². The van der Waals surface area contributed by atoms with Gasteiger partial charge in [0.1, 0.15) is 0 Å². The fraction of sp³-hybridized carbons (Fsp3) is 0.429. The van der Waals surface area contributed by atoms with Gasteiger partial charge in [-0.2, -0.15) is 0 Å². The maximum absolute atomic E-state index is 12.4. The minimum absolute atomic E-state index is 0.00667. The van der Waals surface area contributed by atoms with E-state index in [1.54, 1.807) is 29.2 Å². The molecule has 0 bridgehead atoms. The van der Waals surface area contributed by atoms with Gasteiger partial charge in [0.05, 0.1) is 10.6 Å². The Balaban J connectivity index is 1.91. The number of piperidine rings is 1. The summed E-state index contributed by atoms with van der Waals surface area (Å²) in [4.78, 5) is 24.5. The standard InChI is InChI=1S/C14H15Cl3N2O2/c15-11-4-2-1-3-10(11)14(21)19-7-5-9(6-8-19)18-13(20)12(16)17/h1-4,9,12H,5-8H2,(H,18,20). The number of rotatable bonds is 3. The number of nitrogens with one attached hydrogen (secondary N) is 1. The number of carbonyl (C=O) groups excluding carboxylic acids is 2. The summed E-state index contributed by atoms with van der Waals surface area (Å²) in [6, 6.07) is 6.98. The second kappa shape index (κ2) is 7.34. The van der Waals surface area contributed by atoms with Crippen LogP contribution in [-0.4, -0.2) is 40.7 Å². The Morgan fingerprint density at radius 3 is 2.38 bits per heavy atom. The van der Waals surface area contributed by atoms with Gasteiger partial charge in [0, 0.05) is 19.1 Å². The van der Waals surface area contributed by atoms with E-state index in [1.165, 1.54) is 0 Å². The van der Waals surface area contributed by atoms with Crippen molar-refractivity contribution in [1.82, 2.24) is 10.2 Å². The highest BCUT2D eigenvalue weighted by atomic mass is 35.5. The molecule has 21 heavy (non-hydrogen) atoms. The van der Waals surface area contributed by atoms with E-state index in [9.17, 15) is 9.59 Å². The third kappa shape index (κ3) is 4.25. The Morgan fingerprint density at radius 1 is 1.19 bits per heavy atom. The van der Waals surface area contributed by atoms with Gasteiger partial charge in [-0.15, -0.1) is 0 Å². The van der Waals surface area contributed by atoms with Gasteiger partial charge in [-0.25, -0.2) is 0 Å². The monoisotopic (exact) mass is 348 g/mol. The SMILES string of the molecule is O=C(NC1CCN(C(=O)c2ccccc2Cl)CC1)C(Cl)Cl. The summed E-state index contributed by atoms with van der Waals surface area (Å²) >= 11 is 17.0. The van der Waals surface area contributed by atoms with E-state index in [1.807, 2.05) is 0 Å². The zero-order valence-electron chi connectivity index (χ0n) is 11.2. The van der Waals surface area contributed by atoms with Crippen molar-refractivity contribution < 1.29 is 9.59 Å². The summed E-state index contributed by atoms with van der Waals surface area (Å²) in [6.07, 6.45) is 1.34. The number of hydrogen-bond donors (Lipinski definition) is 1. The smallest absolute Gasteiger partial charge is 0.255 e. The van der Waals surface area contributed by atoms with Gasteiger partial charge in [-0.05, 0) is 25.0 Å². The van der Waals surface area contributed by atoms with Gasteiger partial charge in [-0.1, -0.05) is 46.9 Å². The Kier molecular flexibility index (Phi) is 5.73. The van der Waals surface area contributed by atoms with Crippen molar-refractivity contribution in [3.8, 4) is 0 Å². The Hall–Kier alpha value is -0.970. The van der Waals surface area contributed by atoms with Crippen LogP contribution in [-0.2, 0) is 4.79 Å². The van der Waals surface area contributed by atoms with Crippen LogP contribution in [0.5, 0.6) is 0 Å². The predicted molar refractivity (Wildman–Crippen MR) is 84.0 cm³/mol. The highest BCUT2D eigenvalue weighted by Gasteiger charge is 2.26. The number of amides is 2. The van der Waals surface area contributed by atoms with E-state index >= 15 is 0 Å². The number of carbonyl (C=O) groups is 2. The van der Waals surface area contributed by atoms with Crippen molar-refractivity contribution in [2.75, 3.05) is 13.1 Å². The Labute approximate surface area is 138 Å². The first-order chi connectivity index (χ1) is 9.99. The lowest BCUT2D eigenvalue weighted by Gasteiger charge is -2.32. The average Bonchev–Trinajstić information content (AvgIpc) is 2.47. The van der Waals surface area contributed by atoms with Gasteiger partial charge in [0.15, 0.2) is 4.84 Å². The van der Waals surface area contributed by atoms with E-state index in [2.05, 4.69) is 5.32 Å². The van der Waals surface area contributed by atoms with Crippen LogP contribution in [0.25, 0.3) is 0 Å². The Morgan fingerprint density at radius 2 is 1.81 bits per heavy atom. The molecule has 1 aromatic rings. The van der Waals surface area contributed by atoms with E-state index < -0.39 is 10.7 Å². The van der Waals surface area contributed by atoms with Gasteiger partial charge >= 0.3 is 0 Å². The summed E-state index contributed by atoms with van der Waals surface area (Å²) in [5, 5.41) is 3.21. The third-order valence-electron chi connectivity index (χ3n) is 3.43. The topological polar surface area (TPSA) is 49.4 Å². The lowest BCUT2D eigenvalue weighted by molar-refractivity contribution is -0.120. The van der Waals surface area contributed by atoms with Crippen molar-refractivity contribution in [3.05, 3.63) is 34.9 Å². The van der Waals surface area contributed by atoms with Crippen LogP contribution in [0.4, 0.5) is 0 Å². The van der Waals surface area contributed by atoms with Gasteiger partial charge < -0.3 is 10.2 Å². The largest absolute Gasteiger partial charge is 0.351 e. The van der Waals surface area contributed by atoms with Gasteiger partial charge in [-0.3, -0.25) is 9.59 Å². The first-order valence-corrected chi connectivity index (χ1v) is 7.86. The van der Waals surface area contributed by atoms with E-state index in [0.29, 0.717) is 36.5 Å². The van der Waals surface area contributed by atoms with Crippen molar-refractivity contribution in [2.24, 2.45) is 0 Å². The highest BCUT2D eigenvalue weighted by Crippen LogP contribution is 2.20. The molecular formula is C14H15Cl3N2O2. The number of halogens is 3. The van der Waals surface area contributed by atoms with Crippen LogP contribution in [0.15, 0.2) is 24.3 Å². The van der Waals surface area contributed by atoms with Crippen LogP contribution >= 0.6 is 34.8 Å². The molecular weight excluding hydrogens is 335 g/mol. The van der Waals surface area contributed by atoms with E-state index in [0.717, 1.165) is 0 Å². The molecule has 0 aromatic heterocycles. The molecule has 0 unspecified atom stereocenters. The summed E-state index contributed by atoms with van der Waals surface area (Å²) < 4.78 is 0. The zero-order valence-corrected chi connectivity index (χ0v) is 13.5.